The second-order valence-corrected chi connectivity index (χ2v) is 5.73. The van der Waals surface area contributed by atoms with Crippen molar-refractivity contribution in [3.8, 4) is 11.3 Å². The van der Waals surface area contributed by atoms with Gasteiger partial charge in [-0.25, -0.2) is 4.39 Å². The maximum absolute atomic E-state index is 13.9. The van der Waals surface area contributed by atoms with Crippen molar-refractivity contribution in [3.05, 3.63) is 52.9 Å². The maximum atomic E-state index is 13.9. The van der Waals surface area contributed by atoms with E-state index in [0.29, 0.717) is 16.3 Å². The molecule has 0 atom stereocenters. The molecule has 120 valence electrons. The molecule has 6 heteroatoms. The number of halogens is 2. The summed E-state index contributed by atoms with van der Waals surface area (Å²) in [5.41, 5.74) is 1.70. The Morgan fingerprint density at radius 3 is 2.70 bits per heavy atom. The molecule has 0 aliphatic carbocycles. The Hall–Kier alpha value is -1.98. The summed E-state index contributed by atoms with van der Waals surface area (Å²) in [5.74, 6) is 0.530. The molecule has 1 aromatic carbocycles. The lowest BCUT2D eigenvalue weighted by Crippen LogP contribution is -2.46. The quantitative estimate of drug-likeness (QED) is 0.679. The van der Waals surface area contributed by atoms with Crippen LogP contribution in [0.2, 0.25) is 5.02 Å². The predicted octanol–water partition coefficient (Wildman–Crippen LogP) is 2.82. The van der Waals surface area contributed by atoms with E-state index in [1.807, 2.05) is 0 Å². The standard InChI is InChI=1S/C17H18ClFN4/c1-20-17(23-8-6-21-7-9-23)12-10-14(18)16(22-11-12)13-4-2-3-5-15(13)19/h2-5,10-11,21H,6-9H2,1H3. The van der Waals surface area contributed by atoms with Crippen molar-refractivity contribution < 1.29 is 4.39 Å². The highest BCUT2D eigenvalue weighted by molar-refractivity contribution is 6.33. The minimum atomic E-state index is -0.332. The van der Waals surface area contributed by atoms with E-state index < -0.39 is 0 Å². The molecule has 4 nitrogen and oxygen atoms in total. The molecule has 0 spiro atoms. The van der Waals surface area contributed by atoms with Gasteiger partial charge in [0.2, 0.25) is 0 Å². The number of hydrogen-bond donors (Lipinski definition) is 1. The normalized spacial score (nSPS) is 15.8. The van der Waals surface area contributed by atoms with Gasteiger partial charge < -0.3 is 10.2 Å². The minimum absolute atomic E-state index is 0.332. The van der Waals surface area contributed by atoms with E-state index >= 15 is 0 Å². The van der Waals surface area contributed by atoms with Gasteiger partial charge in [0.05, 0.1) is 10.7 Å². The van der Waals surface area contributed by atoms with Crippen molar-refractivity contribution in [1.82, 2.24) is 15.2 Å². The molecule has 1 aliphatic rings. The predicted molar refractivity (Wildman–Crippen MR) is 91.5 cm³/mol. The fourth-order valence-corrected chi connectivity index (χ4v) is 3.01. The van der Waals surface area contributed by atoms with Crippen molar-refractivity contribution in [1.29, 1.82) is 0 Å². The number of rotatable bonds is 2. The molecular weight excluding hydrogens is 315 g/mol. The summed E-state index contributed by atoms with van der Waals surface area (Å²) in [7, 11) is 1.76. The van der Waals surface area contributed by atoms with Crippen molar-refractivity contribution in [3.63, 3.8) is 0 Å². The Morgan fingerprint density at radius 2 is 2.04 bits per heavy atom. The first kappa shape index (κ1) is 15.9. The van der Waals surface area contributed by atoms with Gasteiger partial charge in [-0.2, -0.15) is 0 Å². The highest BCUT2D eigenvalue weighted by Gasteiger charge is 2.18. The summed E-state index contributed by atoms with van der Waals surface area (Å²) in [5, 5.41) is 3.73. The average molecular weight is 333 g/mol. The van der Waals surface area contributed by atoms with Crippen molar-refractivity contribution >= 4 is 17.4 Å². The topological polar surface area (TPSA) is 40.5 Å². The fourth-order valence-electron chi connectivity index (χ4n) is 2.74. The van der Waals surface area contributed by atoms with Gasteiger partial charge in [-0.15, -0.1) is 0 Å². The molecule has 1 saturated heterocycles. The lowest BCUT2D eigenvalue weighted by molar-refractivity contribution is 0.357. The second kappa shape index (κ2) is 7.06. The van der Waals surface area contributed by atoms with Crippen LogP contribution < -0.4 is 5.32 Å². The molecule has 2 aromatic rings. The van der Waals surface area contributed by atoms with Crippen LogP contribution >= 0.6 is 11.6 Å². The summed E-state index contributed by atoms with van der Waals surface area (Å²) in [6.07, 6.45) is 1.71. The Labute approximate surface area is 140 Å². The van der Waals surface area contributed by atoms with E-state index in [9.17, 15) is 4.39 Å². The molecule has 0 bridgehead atoms. The first-order chi connectivity index (χ1) is 11.2. The SMILES string of the molecule is CN=C(c1cnc(-c2ccccc2F)c(Cl)c1)N1CCNCC1. The summed E-state index contributed by atoms with van der Waals surface area (Å²) in [6.45, 7) is 3.62. The largest absolute Gasteiger partial charge is 0.354 e. The molecule has 0 radical (unpaired) electrons. The Balaban J connectivity index is 1.94. The number of piperazine rings is 1. The zero-order valence-electron chi connectivity index (χ0n) is 12.9. The van der Waals surface area contributed by atoms with E-state index in [4.69, 9.17) is 11.6 Å². The third kappa shape index (κ3) is 3.35. The van der Waals surface area contributed by atoms with Gasteiger partial charge in [0, 0.05) is 50.6 Å². The smallest absolute Gasteiger partial charge is 0.132 e. The first-order valence-electron chi connectivity index (χ1n) is 7.54. The van der Waals surface area contributed by atoms with Crippen molar-refractivity contribution in [2.24, 2.45) is 4.99 Å². The van der Waals surface area contributed by atoms with Crippen LogP contribution in [-0.2, 0) is 0 Å². The molecule has 2 heterocycles. The van der Waals surface area contributed by atoms with Gasteiger partial charge in [-0.1, -0.05) is 23.7 Å². The highest BCUT2D eigenvalue weighted by Crippen LogP contribution is 2.28. The van der Waals surface area contributed by atoms with Crippen LogP contribution in [0.1, 0.15) is 5.56 Å². The van der Waals surface area contributed by atoms with Crippen LogP contribution in [0.15, 0.2) is 41.5 Å². The number of benzene rings is 1. The van der Waals surface area contributed by atoms with Crippen molar-refractivity contribution in [2.75, 3.05) is 33.2 Å². The number of hydrogen-bond acceptors (Lipinski definition) is 3. The van der Waals surface area contributed by atoms with E-state index in [1.54, 1.807) is 37.5 Å². The van der Waals surface area contributed by atoms with E-state index in [2.05, 4.69) is 20.2 Å². The Morgan fingerprint density at radius 1 is 1.30 bits per heavy atom. The summed E-state index contributed by atoms with van der Waals surface area (Å²) in [6, 6.07) is 8.30. The molecule has 3 rings (SSSR count). The molecule has 0 amide bonds. The van der Waals surface area contributed by atoms with Crippen LogP contribution in [0.5, 0.6) is 0 Å². The Kier molecular flexibility index (Phi) is 4.88. The van der Waals surface area contributed by atoms with Gasteiger partial charge in [0.15, 0.2) is 0 Å². The van der Waals surface area contributed by atoms with E-state index in [1.165, 1.54) is 6.07 Å². The number of aromatic nitrogens is 1. The number of nitrogens with one attached hydrogen (secondary N) is 1. The monoisotopic (exact) mass is 332 g/mol. The summed E-state index contributed by atoms with van der Waals surface area (Å²) < 4.78 is 13.9. The molecule has 23 heavy (non-hydrogen) atoms. The van der Waals surface area contributed by atoms with Gasteiger partial charge in [-0.3, -0.25) is 9.98 Å². The molecule has 1 fully saturated rings. The third-order valence-electron chi connectivity index (χ3n) is 3.86. The molecule has 0 saturated carbocycles. The van der Waals surface area contributed by atoms with Gasteiger partial charge in [-0.05, 0) is 18.2 Å². The van der Waals surface area contributed by atoms with Crippen LogP contribution in [-0.4, -0.2) is 48.9 Å². The zero-order valence-corrected chi connectivity index (χ0v) is 13.6. The fraction of sp³-hybridized carbons (Fsp3) is 0.294. The number of amidine groups is 1. The van der Waals surface area contributed by atoms with E-state index in [0.717, 1.165) is 37.6 Å². The molecule has 1 aromatic heterocycles. The highest BCUT2D eigenvalue weighted by atomic mass is 35.5. The second-order valence-electron chi connectivity index (χ2n) is 5.32. The van der Waals surface area contributed by atoms with E-state index in [-0.39, 0.29) is 5.82 Å². The molecule has 0 unspecified atom stereocenters. The van der Waals surface area contributed by atoms with Crippen LogP contribution in [0.3, 0.4) is 0 Å². The van der Waals surface area contributed by atoms with Gasteiger partial charge >= 0.3 is 0 Å². The maximum Gasteiger partial charge on any atom is 0.132 e. The number of nitrogens with zero attached hydrogens (tertiary/aromatic N) is 3. The van der Waals surface area contributed by atoms with Crippen LogP contribution in [0.25, 0.3) is 11.3 Å². The van der Waals surface area contributed by atoms with Crippen molar-refractivity contribution in [2.45, 2.75) is 0 Å². The zero-order chi connectivity index (χ0) is 16.2. The summed E-state index contributed by atoms with van der Waals surface area (Å²) in [4.78, 5) is 11.0. The molecular formula is C17H18ClFN4. The lowest BCUT2D eigenvalue weighted by Gasteiger charge is -2.30. The van der Waals surface area contributed by atoms with Gasteiger partial charge in [0.1, 0.15) is 11.7 Å². The minimum Gasteiger partial charge on any atom is -0.354 e. The molecule has 1 N–H and O–H groups in total. The summed E-state index contributed by atoms with van der Waals surface area (Å²) >= 11 is 6.36. The first-order valence-corrected chi connectivity index (χ1v) is 7.92. The average Bonchev–Trinajstić information content (AvgIpc) is 2.58. The Bertz CT molecular complexity index is 726. The molecule has 1 aliphatic heterocycles. The lowest BCUT2D eigenvalue weighted by atomic mass is 10.1. The number of pyridine rings is 1. The third-order valence-corrected chi connectivity index (χ3v) is 4.14. The van der Waals surface area contributed by atoms with Gasteiger partial charge in [0.25, 0.3) is 0 Å². The number of aliphatic imine (C=N–C) groups is 1. The van der Waals surface area contributed by atoms with Crippen LogP contribution in [0.4, 0.5) is 4.39 Å². The van der Waals surface area contributed by atoms with Crippen LogP contribution in [0, 0.1) is 5.82 Å².